The summed E-state index contributed by atoms with van der Waals surface area (Å²) in [6.45, 7) is 3.95. The highest BCUT2D eigenvalue weighted by Gasteiger charge is 2.14. The number of fused-ring (bicyclic) bond motifs is 1. The molecule has 130 valence electrons. The molecule has 6 nitrogen and oxygen atoms in total. The Morgan fingerprint density at radius 1 is 1.04 bits per heavy atom. The lowest BCUT2D eigenvalue weighted by Crippen LogP contribution is -2.11. The van der Waals surface area contributed by atoms with E-state index in [-0.39, 0.29) is 11.7 Å². The number of carbonyl (C=O) groups is 1. The summed E-state index contributed by atoms with van der Waals surface area (Å²) in [7, 11) is 0. The molecule has 0 aliphatic carbocycles. The fourth-order valence-corrected chi connectivity index (χ4v) is 2.92. The minimum atomic E-state index is -0.316. The number of halogens is 1. The van der Waals surface area contributed by atoms with Gasteiger partial charge < -0.3 is 9.73 Å². The zero-order valence-corrected chi connectivity index (χ0v) is 15.7. The van der Waals surface area contributed by atoms with Gasteiger partial charge in [0.25, 0.3) is 5.91 Å². The summed E-state index contributed by atoms with van der Waals surface area (Å²) in [5.41, 5.74) is 5.10. The standard InChI is InChI=1S/C19H15BrN4O2/c1-11-3-5-13(6-4-11)24-22-15-9-12(2)14(10-16(15)23-24)21-19(25)17-7-8-18(20)26-17/h3-10H,1-2H3,(H,21,25). The Morgan fingerprint density at radius 3 is 2.38 bits per heavy atom. The van der Waals surface area contributed by atoms with Crippen molar-refractivity contribution >= 4 is 38.6 Å². The van der Waals surface area contributed by atoms with Gasteiger partial charge in [-0.15, -0.1) is 10.2 Å². The molecule has 7 heteroatoms. The predicted molar refractivity (Wildman–Crippen MR) is 103 cm³/mol. The van der Waals surface area contributed by atoms with E-state index in [9.17, 15) is 4.79 Å². The van der Waals surface area contributed by atoms with Gasteiger partial charge >= 0.3 is 0 Å². The highest BCUT2D eigenvalue weighted by molar-refractivity contribution is 9.10. The van der Waals surface area contributed by atoms with Crippen LogP contribution >= 0.6 is 15.9 Å². The van der Waals surface area contributed by atoms with Gasteiger partial charge in [-0.25, -0.2) is 0 Å². The summed E-state index contributed by atoms with van der Waals surface area (Å²) >= 11 is 3.19. The quantitative estimate of drug-likeness (QED) is 0.533. The Balaban J connectivity index is 1.67. The summed E-state index contributed by atoms with van der Waals surface area (Å²) < 4.78 is 5.80. The van der Waals surface area contributed by atoms with Crippen LogP contribution in [0, 0.1) is 13.8 Å². The number of nitrogens with one attached hydrogen (secondary N) is 1. The summed E-state index contributed by atoms with van der Waals surface area (Å²) in [5.74, 6) is -0.0799. The smallest absolute Gasteiger partial charge is 0.291 e. The molecular formula is C19H15BrN4O2. The summed E-state index contributed by atoms with van der Waals surface area (Å²) in [5, 5.41) is 11.9. The monoisotopic (exact) mass is 410 g/mol. The van der Waals surface area contributed by atoms with E-state index in [0.717, 1.165) is 16.8 Å². The Kier molecular flexibility index (Phi) is 4.08. The number of aromatic nitrogens is 3. The number of furan rings is 1. The topological polar surface area (TPSA) is 73.0 Å². The van der Waals surface area contributed by atoms with Crippen molar-refractivity contribution in [3.63, 3.8) is 0 Å². The average molecular weight is 411 g/mol. The molecule has 2 heterocycles. The van der Waals surface area contributed by atoms with E-state index in [1.165, 1.54) is 5.56 Å². The maximum absolute atomic E-state index is 12.3. The van der Waals surface area contributed by atoms with Crippen LogP contribution in [0.1, 0.15) is 21.7 Å². The molecule has 0 unspecified atom stereocenters. The molecule has 4 rings (SSSR count). The Hall–Kier alpha value is -2.93. The first-order valence-electron chi connectivity index (χ1n) is 8.01. The van der Waals surface area contributed by atoms with Crippen LogP contribution in [-0.4, -0.2) is 20.9 Å². The van der Waals surface area contributed by atoms with E-state index in [4.69, 9.17) is 4.42 Å². The van der Waals surface area contributed by atoms with Crippen molar-refractivity contribution in [2.45, 2.75) is 13.8 Å². The number of amides is 1. The van der Waals surface area contributed by atoms with Crippen LogP contribution in [-0.2, 0) is 0 Å². The second kappa shape index (κ2) is 6.42. The molecule has 0 atom stereocenters. The Bertz CT molecular complexity index is 1110. The average Bonchev–Trinajstić information content (AvgIpc) is 3.22. The lowest BCUT2D eigenvalue weighted by molar-refractivity contribution is 0.0995. The van der Waals surface area contributed by atoms with Gasteiger partial charge in [-0.05, 0) is 71.7 Å². The third-order valence-corrected chi connectivity index (χ3v) is 4.46. The van der Waals surface area contributed by atoms with Crippen molar-refractivity contribution in [3.05, 3.63) is 70.1 Å². The fraction of sp³-hybridized carbons (Fsp3) is 0.105. The minimum absolute atomic E-state index is 0.236. The van der Waals surface area contributed by atoms with Crippen LogP contribution in [0.5, 0.6) is 0 Å². The van der Waals surface area contributed by atoms with Gasteiger partial charge in [0.1, 0.15) is 11.0 Å². The van der Waals surface area contributed by atoms with Crippen molar-refractivity contribution in [2.24, 2.45) is 0 Å². The zero-order valence-electron chi connectivity index (χ0n) is 14.2. The number of hydrogen-bond acceptors (Lipinski definition) is 4. The number of aryl methyl sites for hydroxylation is 2. The van der Waals surface area contributed by atoms with Crippen molar-refractivity contribution in [2.75, 3.05) is 5.32 Å². The first-order valence-corrected chi connectivity index (χ1v) is 8.80. The van der Waals surface area contributed by atoms with Crippen molar-refractivity contribution < 1.29 is 9.21 Å². The van der Waals surface area contributed by atoms with Gasteiger partial charge in [0.05, 0.1) is 5.69 Å². The van der Waals surface area contributed by atoms with Gasteiger partial charge in [0.15, 0.2) is 10.4 Å². The molecule has 1 N–H and O–H groups in total. The molecular weight excluding hydrogens is 396 g/mol. The molecule has 0 bridgehead atoms. The number of carbonyl (C=O) groups excluding carboxylic acids is 1. The largest absolute Gasteiger partial charge is 0.444 e. The van der Waals surface area contributed by atoms with Crippen LogP contribution in [0.4, 0.5) is 5.69 Å². The number of nitrogens with zero attached hydrogens (tertiary/aromatic N) is 3. The summed E-state index contributed by atoms with van der Waals surface area (Å²) in [4.78, 5) is 13.9. The van der Waals surface area contributed by atoms with Gasteiger partial charge in [-0.1, -0.05) is 17.7 Å². The molecule has 0 spiro atoms. The van der Waals surface area contributed by atoms with Crippen LogP contribution in [0.2, 0.25) is 0 Å². The van der Waals surface area contributed by atoms with E-state index in [0.29, 0.717) is 15.9 Å². The van der Waals surface area contributed by atoms with Crippen LogP contribution < -0.4 is 5.32 Å². The highest BCUT2D eigenvalue weighted by Crippen LogP contribution is 2.23. The zero-order chi connectivity index (χ0) is 18.3. The van der Waals surface area contributed by atoms with Gasteiger partial charge in [0, 0.05) is 5.69 Å². The van der Waals surface area contributed by atoms with Crippen LogP contribution in [0.15, 0.2) is 57.6 Å². The molecule has 0 saturated carbocycles. The van der Waals surface area contributed by atoms with Crippen molar-refractivity contribution in [3.8, 4) is 5.69 Å². The van der Waals surface area contributed by atoms with Crippen LogP contribution in [0.3, 0.4) is 0 Å². The van der Waals surface area contributed by atoms with Gasteiger partial charge in [-0.3, -0.25) is 4.79 Å². The number of rotatable bonds is 3. The number of anilines is 1. The molecule has 0 fully saturated rings. The van der Waals surface area contributed by atoms with E-state index in [2.05, 4.69) is 31.4 Å². The minimum Gasteiger partial charge on any atom is -0.444 e. The van der Waals surface area contributed by atoms with Crippen LogP contribution in [0.25, 0.3) is 16.7 Å². The maximum Gasteiger partial charge on any atom is 0.291 e. The molecule has 4 aromatic rings. The third kappa shape index (κ3) is 3.13. The molecule has 0 aliphatic heterocycles. The fourth-order valence-electron chi connectivity index (χ4n) is 2.62. The normalized spacial score (nSPS) is 11.0. The molecule has 2 aromatic carbocycles. The third-order valence-electron chi connectivity index (χ3n) is 4.04. The maximum atomic E-state index is 12.3. The number of benzene rings is 2. The summed E-state index contributed by atoms with van der Waals surface area (Å²) in [6, 6.07) is 15.0. The molecule has 1 amide bonds. The number of hydrogen-bond donors (Lipinski definition) is 1. The Morgan fingerprint density at radius 2 is 1.73 bits per heavy atom. The lowest BCUT2D eigenvalue weighted by atomic mass is 10.1. The highest BCUT2D eigenvalue weighted by atomic mass is 79.9. The molecule has 2 aromatic heterocycles. The molecule has 0 saturated heterocycles. The van der Waals surface area contributed by atoms with Gasteiger partial charge in [0.2, 0.25) is 0 Å². The van der Waals surface area contributed by atoms with Gasteiger partial charge in [-0.2, -0.15) is 4.80 Å². The van der Waals surface area contributed by atoms with E-state index < -0.39 is 0 Å². The molecule has 26 heavy (non-hydrogen) atoms. The Labute approximate surface area is 157 Å². The SMILES string of the molecule is Cc1ccc(-n2nc3cc(C)c(NC(=O)c4ccc(Br)o4)cc3n2)cc1. The second-order valence-electron chi connectivity index (χ2n) is 6.04. The molecule has 0 radical (unpaired) electrons. The second-order valence-corrected chi connectivity index (χ2v) is 6.82. The van der Waals surface area contributed by atoms with E-state index in [1.54, 1.807) is 16.9 Å². The molecule has 0 aliphatic rings. The first kappa shape index (κ1) is 16.5. The van der Waals surface area contributed by atoms with E-state index >= 15 is 0 Å². The van der Waals surface area contributed by atoms with Crippen molar-refractivity contribution in [1.82, 2.24) is 15.0 Å². The predicted octanol–water partition coefficient (Wildman–Crippen LogP) is 4.65. The first-order chi connectivity index (χ1) is 12.5. The van der Waals surface area contributed by atoms with E-state index in [1.807, 2.05) is 50.2 Å². The lowest BCUT2D eigenvalue weighted by Gasteiger charge is -2.06. The summed E-state index contributed by atoms with van der Waals surface area (Å²) in [6.07, 6.45) is 0. The van der Waals surface area contributed by atoms with Crippen molar-refractivity contribution in [1.29, 1.82) is 0 Å².